The van der Waals surface area contributed by atoms with Gasteiger partial charge >= 0.3 is 37.7 Å². The van der Waals surface area contributed by atoms with Gasteiger partial charge in [-0.1, -0.05) is 95.7 Å². The van der Waals surface area contributed by atoms with Gasteiger partial charge in [0.05, 0.1) is 26.9 Å². The largest absolute Gasteiger partial charge is 2.00 e. The Morgan fingerprint density at radius 2 is 1.08 bits per heavy atom. The van der Waals surface area contributed by atoms with Gasteiger partial charge in [-0.3, -0.25) is 4.55 Å². The maximum Gasteiger partial charge on any atom is 2.00 e. The van der Waals surface area contributed by atoms with Crippen molar-refractivity contribution in [3.8, 4) is 11.5 Å². The second-order valence-corrected chi connectivity index (χ2v) is 14.3. The standard InChI is InChI=1S/2C17H13ClN2O4S.Ca/c2*1-10-14(18)8-12(25(22,23)24)9-15(10)19-20-17-13-5-3-2-4-11(13)6-7-16(17)21;/h2*2-9,21H,1H3,(H,22,23,24);/q;;+2/p-2. The molecule has 6 aromatic carbocycles. The van der Waals surface area contributed by atoms with E-state index in [9.17, 15) is 36.2 Å². The van der Waals surface area contributed by atoms with Gasteiger partial charge in [-0.15, -0.1) is 5.11 Å². The van der Waals surface area contributed by atoms with Crippen LogP contribution in [0.1, 0.15) is 11.1 Å². The molecular formula is C34H24CaCl2N4O8S2. The van der Waals surface area contributed by atoms with Crippen molar-refractivity contribution in [2.75, 3.05) is 0 Å². The number of azo groups is 2. The zero-order valence-electron chi connectivity index (χ0n) is 26.6. The molecule has 0 saturated heterocycles. The molecule has 256 valence electrons. The number of hydrogen-bond donors (Lipinski definition) is 2. The first kappa shape index (κ1) is 40.1. The van der Waals surface area contributed by atoms with Crippen LogP contribution in [0.3, 0.4) is 0 Å². The minimum atomic E-state index is -4.69. The Balaban J connectivity index is 0.000000224. The number of benzene rings is 6. The number of aromatic hydroxyl groups is 1. The average Bonchev–Trinajstić information content (AvgIpc) is 3.06. The Hall–Kier alpha value is -3.70. The molecule has 6 rings (SSSR count). The molecule has 0 radical (unpaired) electrons. The van der Waals surface area contributed by atoms with E-state index in [4.69, 9.17) is 23.2 Å². The molecule has 0 aromatic heterocycles. The zero-order valence-corrected chi connectivity index (χ0v) is 32.0. The van der Waals surface area contributed by atoms with Gasteiger partial charge in [0.2, 0.25) is 0 Å². The number of phenols is 1. The summed E-state index contributed by atoms with van der Waals surface area (Å²) in [5, 5.41) is 41.4. The van der Waals surface area contributed by atoms with Gasteiger partial charge in [0, 0.05) is 20.8 Å². The normalized spacial score (nSPS) is 11.9. The summed E-state index contributed by atoms with van der Waals surface area (Å²) in [6, 6.07) is 25.3. The molecule has 0 amide bonds. The van der Waals surface area contributed by atoms with Gasteiger partial charge in [-0.25, -0.2) is 8.42 Å². The van der Waals surface area contributed by atoms with E-state index in [0.29, 0.717) is 21.9 Å². The molecule has 6 aromatic rings. The van der Waals surface area contributed by atoms with Gasteiger partial charge in [0.15, 0.2) is 0 Å². The van der Waals surface area contributed by atoms with Crippen LogP contribution >= 0.6 is 23.2 Å². The SMILES string of the molecule is Cc1c(Cl)cc(S(=O)(=O)O)cc1N=Nc1c(O)ccc2ccccc12.Cc1c(Cl)cc(S(=O)(=O)[O-])cc1N=Nc1c([O-])ccc2ccccc12.[Ca+2]. The minimum Gasteiger partial charge on any atom is -0.871 e. The summed E-state index contributed by atoms with van der Waals surface area (Å²) in [7, 11) is -9.11. The second-order valence-electron chi connectivity index (χ2n) is 10.7. The Morgan fingerprint density at radius 1 is 0.627 bits per heavy atom. The molecule has 0 spiro atoms. The van der Waals surface area contributed by atoms with Crippen LogP contribution in [0.4, 0.5) is 22.7 Å². The number of nitrogens with zero attached hydrogens (tertiary/aromatic N) is 4. The number of phenolic OH excluding ortho intramolecular Hbond substituents is 1. The molecule has 0 atom stereocenters. The summed E-state index contributed by atoms with van der Waals surface area (Å²) in [4.78, 5) is -0.878. The number of rotatable bonds is 6. The Morgan fingerprint density at radius 3 is 1.61 bits per heavy atom. The molecule has 0 aliphatic carbocycles. The minimum absolute atomic E-state index is 0. The van der Waals surface area contributed by atoms with Gasteiger partial charge in [0.1, 0.15) is 21.6 Å². The third-order valence-electron chi connectivity index (χ3n) is 7.43. The molecule has 2 N–H and O–H groups in total. The first-order valence-electron chi connectivity index (χ1n) is 14.3. The van der Waals surface area contributed by atoms with Gasteiger partial charge in [-0.2, -0.15) is 23.8 Å². The van der Waals surface area contributed by atoms with E-state index in [0.717, 1.165) is 29.0 Å². The fourth-order valence-electron chi connectivity index (χ4n) is 4.68. The smallest absolute Gasteiger partial charge is 0.871 e. The molecule has 51 heavy (non-hydrogen) atoms. The van der Waals surface area contributed by atoms with Crippen LogP contribution < -0.4 is 5.11 Å². The van der Waals surface area contributed by atoms with Gasteiger partial charge in [0.25, 0.3) is 10.1 Å². The van der Waals surface area contributed by atoms with E-state index in [1.54, 1.807) is 44.2 Å². The predicted octanol–water partition coefficient (Wildman–Crippen LogP) is 8.98. The molecule has 0 aliphatic rings. The maximum absolute atomic E-state index is 12.1. The molecule has 17 heteroatoms. The van der Waals surface area contributed by atoms with Crippen molar-refractivity contribution in [1.29, 1.82) is 0 Å². The quantitative estimate of drug-likeness (QED) is 0.0944. The summed E-state index contributed by atoms with van der Waals surface area (Å²) < 4.78 is 65.5. The van der Waals surface area contributed by atoms with E-state index in [2.05, 4.69) is 20.5 Å². The second kappa shape index (κ2) is 16.3. The van der Waals surface area contributed by atoms with Crippen LogP contribution in [-0.2, 0) is 20.2 Å². The van der Waals surface area contributed by atoms with Crippen LogP contribution in [0.2, 0.25) is 10.0 Å². The molecule has 0 unspecified atom stereocenters. The summed E-state index contributed by atoms with van der Waals surface area (Å²) in [6.07, 6.45) is 0. The van der Waals surface area contributed by atoms with Crippen molar-refractivity contribution >= 4 is 125 Å². The third kappa shape index (κ3) is 9.40. The fourth-order valence-corrected chi connectivity index (χ4v) is 6.28. The fraction of sp³-hybridized carbons (Fsp3) is 0.0588. The van der Waals surface area contributed by atoms with Crippen LogP contribution in [0.5, 0.6) is 11.5 Å². The molecule has 0 saturated carbocycles. The summed E-state index contributed by atoms with van der Waals surface area (Å²) in [6.45, 7) is 3.26. The first-order valence-corrected chi connectivity index (χ1v) is 17.9. The monoisotopic (exact) mass is 790 g/mol. The number of fused-ring (bicyclic) bond motifs is 2. The van der Waals surface area contributed by atoms with Crippen LogP contribution in [-0.4, -0.2) is 68.8 Å². The summed E-state index contributed by atoms with van der Waals surface area (Å²) in [5.41, 5.74) is 1.61. The van der Waals surface area contributed by atoms with Gasteiger partial charge < -0.3 is 14.8 Å². The van der Waals surface area contributed by atoms with Crippen molar-refractivity contribution in [3.63, 3.8) is 0 Å². The average molecular weight is 792 g/mol. The van der Waals surface area contributed by atoms with E-state index in [1.807, 2.05) is 30.3 Å². The molecule has 0 heterocycles. The molecule has 0 aliphatic heterocycles. The van der Waals surface area contributed by atoms with Crippen molar-refractivity contribution in [2.24, 2.45) is 20.5 Å². The first-order chi connectivity index (χ1) is 23.5. The maximum atomic E-state index is 12.1. The van der Waals surface area contributed by atoms with E-state index in [-0.39, 0.29) is 86.9 Å². The predicted molar refractivity (Wildman–Crippen MR) is 193 cm³/mol. The van der Waals surface area contributed by atoms with E-state index in [1.165, 1.54) is 18.2 Å². The Kier molecular flexibility index (Phi) is 12.8. The number of halogens is 2. The van der Waals surface area contributed by atoms with E-state index < -0.39 is 25.1 Å². The Bertz CT molecular complexity index is 2410. The van der Waals surface area contributed by atoms with Crippen molar-refractivity contribution in [3.05, 3.63) is 118 Å². The molecule has 0 bridgehead atoms. The van der Waals surface area contributed by atoms with Crippen molar-refractivity contribution in [2.45, 2.75) is 23.6 Å². The molecule has 0 fully saturated rings. The third-order valence-corrected chi connectivity index (χ3v) is 9.86. The topological polar surface area (TPSA) is 204 Å². The van der Waals surface area contributed by atoms with Crippen molar-refractivity contribution in [1.82, 2.24) is 0 Å². The molecular weight excluding hydrogens is 768 g/mol. The van der Waals surface area contributed by atoms with Gasteiger partial charge in [-0.05, 0) is 66.1 Å². The Labute approximate surface area is 332 Å². The van der Waals surface area contributed by atoms with Crippen LogP contribution in [0, 0.1) is 13.8 Å². The van der Waals surface area contributed by atoms with E-state index >= 15 is 0 Å². The van der Waals surface area contributed by atoms with Crippen LogP contribution in [0.15, 0.2) is 127 Å². The summed E-state index contributed by atoms with van der Waals surface area (Å²) in [5.74, 6) is -0.379. The number of hydrogen-bond acceptors (Lipinski definition) is 11. The van der Waals surface area contributed by atoms with Crippen molar-refractivity contribution < 1.29 is 36.2 Å². The van der Waals surface area contributed by atoms with Crippen LogP contribution in [0.25, 0.3) is 21.5 Å². The zero-order chi connectivity index (χ0) is 36.4. The molecule has 12 nitrogen and oxygen atoms in total. The summed E-state index contributed by atoms with van der Waals surface area (Å²) >= 11 is 12.0.